The number of aromatic nitrogens is 4. The molecule has 124 valence electrons. The van der Waals surface area contributed by atoms with E-state index in [9.17, 15) is 19.7 Å². The molecule has 2 aromatic heterocycles. The maximum absolute atomic E-state index is 11.7. The van der Waals surface area contributed by atoms with Crippen LogP contribution < -0.4 is 11.1 Å². The first-order valence-corrected chi connectivity index (χ1v) is 5.89. The van der Waals surface area contributed by atoms with Crippen molar-refractivity contribution in [2.24, 2.45) is 7.05 Å². The quantitative estimate of drug-likeness (QED) is 0.244. The molecule has 3 rings (SSSR count). The van der Waals surface area contributed by atoms with Gasteiger partial charge in [0.1, 0.15) is 5.69 Å². The van der Waals surface area contributed by atoms with Crippen LogP contribution in [0.4, 0.5) is 5.69 Å². The minimum atomic E-state index is -0.824. The zero-order valence-electron chi connectivity index (χ0n) is 11.8. The number of fused-ring (bicyclic) bond motifs is 1. The Morgan fingerprint density at radius 3 is 2.46 bits per heavy atom. The second-order valence-corrected chi connectivity index (χ2v) is 4.40. The number of nitro benzene ring substituents is 1. The molecule has 0 aliphatic heterocycles. The van der Waals surface area contributed by atoms with Crippen LogP contribution in [0.15, 0.2) is 40.4 Å². The molecule has 1 aromatic carbocycles. The van der Waals surface area contributed by atoms with Gasteiger partial charge in [-0.05, 0) is 6.07 Å². The van der Waals surface area contributed by atoms with Gasteiger partial charge in [-0.1, -0.05) is 0 Å². The Morgan fingerprint density at radius 2 is 1.92 bits per heavy atom. The second kappa shape index (κ2) is 7.99. The number of nitrogens with one attached hydrogen (secondary N) is 1. The van der Waals surface area contributed by atoms with E-state index in [-0.39, 0.29) is 57.4 Å². The Morgan fingerprint density at radius 1 is 1.25 bits per heavy atom. The van der Waals surface area contributed by atoms with Crippen molar-refractivity contribution in [1.29, 1.82) is 0 Å². The van der Waals surface area contributed by atoms with Gasteiger partial charge >= 0.3 is 40.7 Å². The molecule has 3 aromatic rings. The van der Waals surface area contributed by atoms with Crippen molar-refractivity contribution in [1.82, 2.24) is 19.1 Å². The molecule has 0 saturated carbocycles. The third-order valence-corrected chi connectivity index (χ3v) is 3.18. The number of aryl methyl sites for hydroxylation is 1. The van der Waals surface area contributed by atoms with Crippen molar-refractivity contribution in [3.8, 4) is 5.69 Å². The summed E-state index contributed by atoms with van der Waals surface area (Å²) in [5.74, 6) is 0. The number of nitro groups is 1. The van der Waals surface area contributed by atoms with E-state index in [1.165, 1.54) is 36.3 Å². The molecule has 11 nitrogen and oxygen atoms in total. The van der Waals surface area contributed by atoms with Gasteiger partial charge in [0.25, 0.3) is 5.69 Å². The van der Waals surface area contributed by atoms with E-state index in [1.807, 2.05) is 0 Å². The summed E-state index contributed by atoms with van der Waals surface area (Å²) in [7, 11) is 1.43. The summed E-state index contributed by atoms with van der Waals surface area (Å²) >= 11 is 0. The van der Waals surface area contributed by atoms with Crippen LogP contribution in [0.2, 0.25) is 0 Å². The maximum atomic E-state index is 11.7. The van der Waals surface area contributed by atoms with Crippen molar-refractivity contribution in [3.05, 3.63) is 61.7 Å². The summed E-state index contributed by atoms with van der Waals surface area (Å²) in [5.41, 5.74) is -0.893. The van der Waals surface area contributed by atoms with Crippen molar-refractivity contribution in [2.75, 3.05) is 0 Å². The van der Waals surface area contributed by atoms with E-state index >= 15 is 0 Å². The molecule has 5 N–H and O–H groups in total. The van der Waals surface area contributed by atoms with E-state index in [4.69, 9.17) is 0 Å². The first-order valence-electron chi connectivity index (χ1n) is 5.89. The van der Waals surface area contributed by atoms with Crippen LogP contribution in [0.3, 0.4) is 0 Å². The fourth-order valence-electron chi connectivity index (χ4n) is 2.14. The van der Waals surface area contributed by atoms with Crippen molar-refractivity contribution in [3.63, 3.8) is 0 Å². The van der Waals surface area contributed by atoms with Gasteiger partial charge in [0.05, 0.1) is 22.3 Å². The van der Waals surface area contributed by atoms with Gasteiger partial charge in [0.15, 0.2) is 0 Å². The van der Waals surface area contributed by atoms with Gasteiger partial charge in [0.2, 0.25) is 0 Å². The first-order chi connectivity index (χ1) is 9.99. The molecule has 0 unspecified atom stereocenters. The van der Waals surface area contributed by atoms with E-state index in [1.54, 1.807) is 6.20 Å². The van der Waals surface area contributed by atoms with E-state index in [2.05, 4.69) is 9.97 Å². The molecule has 2 heterocycles. The number of benzene rings is 1. The zero-order chi connectivity index (χ0) is 15.1. The number of rotatable bonds is 2. The van der Waals surface area contributed by atoms with Gasteiger partial charge in [-0.25, -0.2) is 4.98 Å². The number of nitrogens with zero attached hydrogens (tertiary/aromatic N) is 4. The SMILES string of the molecule is Cn1c(=O)c(=O)[nH]c2cc([N+](=O)[O-])c(-n3ccnc3)cc21.O.O.[NaH]. The molecule has 0 atom stereocenters. The first kappa shape index (κ1) is 21.7. The van der Waals surface area contributed by atoms with Crippen LogP contribution in [0.1, 0.15) is 0 Å². The molecule has 0 spiro atoms. The van der Waals surface area contributed by atoms with Crippen LogP contribution in [0, 0.1) is 10.1 Å². The second-order valence-electron chi connectivity index (χ2n) is 4.40. The number of aromatic amines is 1. The Hall–Kier alpha value is -2.31. The standard InChI is InChI=1S/C12H9N5O4.Na.2H2O.H/c1-15-8-5-9(16-3-2-13-6-16)10(17(20)21)4-7(8)14-11(18)12(15)19;;;;/h2-6H,1H3,(H,14,18);;2*1H2;. The monoisotopic (exact) mass is 347 g/mol. The van der Waals surface area contributed by atoms with Gasteiger partial charge in [-0.15, -0.1) is 0 Å². The molecule has 12 heteroatoms. The summed E-state index contributed by atoms with van der Waals surface area (Å²) in [6.07, 6.45) is 4.45. The molecular weight excluding hydrogens is 333 g/mol. The predicted octanol–water partition coefficient (Wildman–Crippen LogP) is -1.98. The molecular formula is C12H14N5NaO6. The van der Waals surface area contributed by atoms with E-state index in [0.29, 0.717) is 5.52 Å². The van der Waals surface area contributed by atoms with Crippen LogP contribution in [-0.4, -0.2) is 64.5 Å². The fraction of sp³-hybridized carbons (Fsp3) is 0.0833. The Kier molecular flexibility index (Phi) is 7.22. The third kappa shape index (κ3) is 3.44. The van der Waals surface area contributed by atoms with Crippen LogP contribution >= 0.6 is 0 Å². The Balaban J connectivity index is 0.00000176. The van der Waals surface area contributed by atoms with Crippen molar-refractivity contribution < 1.29 is 15.9 Å². The van der Waals surface area contributed by atoms with Gasteiger partial charge in [0, 0.05) is 25.5 Å². The normalized spacial score (nSPS) is 9.54. The molecule has 0 fully saturated rings. The molecule has 24 heavy (non-hydrogen) atoms. The van der Waals surface area contributed by atoms with Crippen LogP contribution in [-0.2, 0) is 7.05 Å². The van der Waals surface area contributed by atoms with Gasteiger partial charge < -0.3 is 25.1 Å². The predicted molar refractivity (Wildman–Crippen MR) is 88.0 cm³/mol. The summed E-state index contributed by atoms with van der Waals surface area (Å²) in [4.78, 5) is 40.0. The Labute approximate surface area is 155 Å². The number of H-pyrrole nitrogens is 1. The van der Waals surface area contributed by atoms with E-state index in [0.717, 1.165) is 4.57 Å². The van der Waals surface area contributed by atoms with Gasteiger partial charge in [-0.2, -0.15) is 0 Å². The minimum absolute atomic E-state index is 0. The van der Waals surface area contributed by atoms with Crippen molar-refractivity contribution >= 4 is 46.3 Å². The van der Waals surface area contributed by atoms with Crippen LogP contribution in [0.25, 0.3) is 16.7 Å². The van der Waals surface area contributed by atoms with E-state index < -0.39 is 16.0 Å². The van der Waals surface area contributed by atoms with Crippen LogP contribution in [0.5, 0.6) is 0 Å². The molecule has 0 aliphatic carbocycles. The average molecular weight is 347 g/mol. The third-order valence-electron chi connectivity index (χ3n) is 3.18. The summed E-state index contributed by atoms with van der Waals surface area (Å²) in [6.45, 7) is 0. The molecule has 0 aliphatic rings. The fourth-order valence-corrected chi connectivity index (χ4v) is 2.14. The zero-order valence-corrected chi connectivity index (χ0v) is 11.8. The topological polar surface area (TPSA) is 179 Å². The van der Waals surface area contributed by atoms with Crippen molar-refractivity contribution in [2.45, 2.75) is 0 Å². The molecule has 0 radical (unpaired) electrons. The summed E-state index contributed by atoms with van der Waals surface area (Å²) in [5, 5.41) is 11.2. The molecule has 0 bridgehead atoms. The van der Waals surface area contributed by atoms with Gasteiger partial charge in [-0.3, -0.25) is 19.7 Å². The summed E-state index contributed by atoms with van der Waals surface area (Å²) in [6, 6.07) is 2.69. The Bertz CT molecular complexity index is 978. The summed E-state index contributed by atoms with van der Waals surface area (Å²) < 4.78 is 2.62. The number of hydrogen-bond acceptors (Lipinski definition) is 5. The number of hydrogen-bond donors (Lipinski definition) is 1. The molecule has 0 saturated heterocycles. The number of imidazole rings is 1. The molecule has 0 amide bonds. The average Bonchev–Trinajstić information content (AvgIpc) is 2.98.